The Morgan fingerprint density at radius 1 is 1.00 bits per heavy atom. The summed E-state index contributed by atoms with van der Waals surface area (Å²) in [6.45, 7) is 1.57. The van der Waals surface area contributed by atoms with Crippen molar-refractivity contribution in [2.45, 2.75) is 19.3 Å². The third kappa shape index (κ3) is 3.41. The van der Waals surface area contributed by atoms with Crippen LogP contribution in [0.5, 0.6) is 0 Å². The molecule has 0 bridgehead atoms. The maximum atomic E-state index is 13.0. The first-order valence-electron chi connectivity index (χ1n) is 10.0. The molecule has 0 atom stereocenters. The minimum absolute atomic E-state index is 0.0144. The highest BCUT2D eigenvalue weighted by atomic mass is 16.6. The number of pyridine rings is 2. The van der Waals surface area contributed by atoms with Crippen LogP contribution in [0.15, 0.2) is 55.1 Å². The molecule has 156 valence electrons. The van der Waals surface area contributed by atoms with Gasteiger partial charge in [0, 0.05) is 24.8 Å². The predicted octanol–water partition coefficient (Wildman–Crippen LogP) is 3.12. The van der Waals surface area contributed by atoms with Crippen LogP contribution in [-0.4, -0.2) is 53.2 Å². The first kappa shape index (κ1) is 18.9. The van der Waals surface area contributed by atoms with Crippen molar-refractivity contribution in [1.82, 2.24) is 29.3 Å². The van der Waals surface area contributed by atoms with Gasteiger partial charge in [-0.25, -0.2) is 14.2 Å². The first-order chi connectivity index (χ1) is 15.1. The third-order valence-corrected chi connectivity index (χ3v) is 5.47. The van der Waals surface area contributed by atoms with Gasteiger partial charge >= 0.3 is 5.69 Å². The van der Waals surface area contributed by atoms with Crippen LogP contribution in [0, 0.1) is 10.1 Å². The van der Waals surface area contributed by atoms with Gasteiger partial charge in [0.2, 0.25) is 0 Å². The van der Waals surface area contributed by atoms with Crippen molar-refractivity contribution in [2.24, 2.45) is 0 Å². The lowest BCUT2D eigenvalue weighted by Crippen LogP contribution is -2.35. The number of hydrogen-bond acceptors (Lipinski definition) is 6. The van der Waals surface area contributed by atoms with Crippen LogP contribution in [0.3, 0.4) is 0 Å². The van der Waals surface area contributed by atoms with Crippen LogP contribution in [-0.2, 0) is 0 Å². The van der Waals surface area contributed by atoms with Crippen LogP contribution >= 0.6 is 0 Å². The highest BCUT2D eigenvalue weighted by molar-refractivity contribution is 6.01. The minimum atomic E-state index is -0.501. The molecule has 1 aliphatic heterocycles. The maximum absolute atomic E-state index is 13.0. The van der Waals surface area contributed by atoms with E-state index in [1.54, 1.807) is 23.0 Å². The molecular weight excluding hydrogens is 398 g/mol. The fourth-order valence-corrected chi connectivity index (χ4v) is 3.87. The topological polar surface area (TPSA) is 111 Å². The number of fused-ring (bicyclic) bond motifs is 1. The van der Waals surface area contributed by atoms with Crippen LogP contribution in [0.4, 0.5) is 5.69 Å². The number of amides is 1. The molecule has 0 saturated carbocycles. The summed E-state index contributed by atoms with van der Waals surface area (Å²) in [4.78, 5) is 29.6. The van der Waals surface area contributed by atoms with Gasteiger partial charge in [-0.1, -0.05) is 6.07 Å². The van der Waals surface area contributed by atoms with Gasteiger partial charge in [-0.15, -0.1) is 0 Å². The number of nitro groups is 1. The van der Waals surface area contributed by atoms with Gasteiger partial charge in [-0.3, -0.25) is 14.9 Å². The van der Waals surface area contributed by atoms with Crippen molar-refractivity contribution >= 4 is 17.1 Å². The number of likely N-dealkylation sites (tertiary alicyclic amines) is 1. The molecule has 0 aromatic carbocycles. The van der Waals surface area contributed by atoms with Crippen molar-refractivity contribution in [3.8, 4) is 17.1 Å². The summed E-state index contributed by atoms with van der Waals surface area (Å²) < 4.78 is 3.10. The number of carbonyl (C=O) groups excluding carboxylic acids is 1. The fraction of sp³-hybridized carbons (Fsp3) is 0.238. The zero-order valence-corrected chi connectivity index (χ0v) is 16.6. The molecular formula is C21H19N7O3. The summed E-state index contributed by atoms with van der Waals surface area (Å²) in [6.07, 6.45) is 9.01. The van der Waals surface area contributed by atoms with E-state index in [0.717, 1.165) is 49.1 Å². The molecule has 1 fully saturated rings. The quantitative estimate of drug-likeness (QED) is 0.373. The van der Waals surface area contributed by atoms with E-state index < -0.39 is 4.92 Å². The van der Waals surface area contributed by atoms with E-state index in [0.29, 0.717) is 11.4 Å². The molecule has 4 aromatic rings. The molecule has 0 radical (unpaired) electrons. The van der Waals surface area contributed by atoms with Crippen LogP contribution in [0.1, 0.15) is 29.6 Å². The SMILES string of the molecule is O=C(c1cnn2c(-c3ccc(-n4cc([N+](=O)[O-])cn4)nc3)cccc12)N1CCCCC1. The zero-order chi connectivity index (χ0) is 21.4. The Labute approximate surface area is 176 Å². The smallest absolute Gasteiger partial charge is 0.307 e. The summed E-state index contributed by atoms with van der Waals surface area (Å²) in [6, 6.07) is 9.26. The number of rotatable bonds is 4. The molecule has 5 rings (SSSR count). The standard InChI is InChI=1S/C21H19N7O3/c29-21(25-9-2-1-3-10-25)17-13-24-27-18(5-4-6-19(17)27)15-7-8-20(22-11-15)26-14-16(12-23-26)28(30)31/h4-8,11-14H,1-3,9-10H2. The summed E-state index contributed by atoms with van der Waals surface area (Å²) in [5.74, 6) is 0.478. The Morgan fingerprint density at radius 3 is 2.55 bits per heavy atom. The normalized spacial score (nSPS) is 14.1. The molecule has 0 N–H and O–H groups in total. The van der Waals surface area contributed by atoms with Crippen molar-refractivity contribution < 1.29 is 9.72 Å². The molecule has 0 spiro atoms. The van der Waals surface area contributed by atoms with E-state index in [1.807, 2.05) is 29.2 Å². The average molecular weight is 417 g/mol. The van der Waals surface area contributed by atoms with Crippen LogP contribution in [0.2, 0.25) is 0 Å². The summed E-state index contributed by atoms with van der Waals surface area (Å²) >= 11 is 0. The van der Waals surface area contributed by atoms with Gasteiger partial charge in [0.15, 0.2) is 5.82 Å². The maximum Gasteiger partial charge on any atom is 0.307 e. The number of piperidine rings is 1. The second kappa shape index (κ2) is 7.63. The van der Waals surface area contributed by atoms with Crippen molar-refractivity contribution in [3.63, 3.8) is 0 Å². The van der Waals surface area contributed by atoms with E-state index in [9.17, 15) is 14.9 Å². The number of nitrogens with zero attached hydrogens (tertiary/aromatic N) is 7. The highest BCUT2D eigenvalue weighted by Gasteiger charge is 2.22. The molecule has 5 heterocycles. The summed E-state index contributed by atoms with van der Waals surface area (Å²) in [7, 11) is 0. The third-order valence-electron chi connectivity index (χ3n) is 5.47. The Kier molecular flexibility index (Phi) is 4.66. The molecule has 31 heavy (non-hydrogen) atoms. The van der Waals surface area contributed by atoms with Crippen LogP contribution in [0.25, 0.3) is 22.6 Å². The molecule has 0 unspecified atom stereocenters. The van der Waals surface area contributed by atoms with Crippen molar-refractivity contribution in [3.05, 3.63) is 70.8 Å². The van der Waals surface area contributed by atoms with E-state index in [4.69, 9.17) is 0 Å². The Morgan fingerprint density at radius 2 is 1.84 bits per heavy atom. The van der Waals surface area contributed by atoms with Gasteiger partial charge < -0.3 is 4.90 Å². The molecule has 1 saturated heterocycles. The van der Waals surface area contributed by atoms with Gasteiger partial charge in [0.25, 0.3) is 5.91 Å². The lowest BCUT2D eigenvalue weighted by atomic mass is 10.1. The Hall–Kier alpha value is -4.08. The van der Waals surface area contributed by atoms with Crippen molar-refractivity contribution in [1.29, 1.82) is 0 Å². The predicted molar refractivity (Wildman–Crippen MR) is 112 cm³/mol. The average Bonchev–Trinajstić information content (AvgIpc) is 3.47. The van der Waals surface area contributed by atoms with E-state index in [1.165, 1.54) is 17.1 Å². The van der Waals surface area contributed by atoms with Gasteiger partial charge in [-0.2, -0.15) is 10.2 Å². The fourth-order valence-electron chi connectivity index (χ4n) is 3.87. The van der Waals surface area contributed by atoms with E-state index in [-0.39, 0.29) is 11.6 Å². The number of carbonyl (C=O) groups is 1. The largest absolute Gasteiger partial charge is 0.339 e. The molecule has 4 aromatic heterocycles. The molecule has 1 amide bonds. The monoisotopic (exact) mass is 417 g/mol. The summed E-state index contributed by atoms with van der Waals surface area (Å²) in [5.41, 5.74) is 2.84. The van der Waals surface area contributed by atoms with E-state index >= 15 is 0 Å². The Balaban J connectivity index is 1.47. The Bertz CT molecular complexity index is 1270. The van der Waals surface area contributed by atoms with Crippen molar-refractivity contribution in [2.75, 3.05) is 13.1 Å². The molecule has 10 heteroatoms. The lowest BCUT2D eigenvalue weighted by Gasteiger charge is -2.26. The second-order valence-corrected chi connectivity index (χ2v) is 7.42. The minimum Gasteiger partial charge on any atom is -0.339 e. The molecule has 0 aliphatic carbocycles. The number of hydrogen-bond donors (Lipinski definition) is 0. The summed E-state index contributed by atoms with van der Waals surface area (Å²) in [5, 5.41) is 19.3. The van der Waals surface area contributed by atoms with Gasteiger partial charge in [-0.05, 0) is 43.5 Å². The number of aromatic nitrogens is 5. The molecule has 10 nitrogen and oxygen atoms in total. The van der Waals surface area contributed by atoms with Gasteiger partial charge in [0.1, 0.15) is 12.4 Å². The van der Waals surface area contributed by atoms with E-state index in [2.05, 4.69) is 15.2 Å². The van der Waals surface area contributed by atoms with Crippen LogP contribution < -0.4 is 0 Å². The first-order valence-corrected chi connectivity index (χ1v) is 10.0. The lowest BCUT2D eigenvalue weighted by molar-refractivity contribution is -0.384. The molecule has 1 aliphatic rings. The second-order valence-electron chi connectivity index (χ2n) is 7.42. The van der Waals surface area contributed by atoms with Gasteiger partial charge in [0.05, 0.1) is 27.9 Å². The highest BCUT2D eigenvalue weighted by Crippen LogP contribution is 2.24. The zero-order valence-electron chi connectivity index (χ0n) is 16.6.